The first-order chi connectivity index (χ1) is 16.7. The van der Waals surface area contributed by atoms with E-state index in [0.29, 0.717) is 12.1 Å². The molecule has 0 spiro atoms. The Labute approximate surface area is 196 Å². The number of carbonyl (C=O) groups excluding carboxylic acids is 1. The minimum atomic E-state index is -0.148. The second-order valence-corrected chi connectivity index (χ2v) is 7.87. The smallest absolute Gasteiger partial charge is 0.253 e. The number of fused-ring (bicyclic) bond motifs is 1. The van der Waals surface area contributed by atoms with E-state index in [1.807, 2.05) is 77.6 Å². The van der Waals surface area contributed by atoms with Gasteiger partial charge in [-0.1, -0.05) is 30.3 Å². The predicted molar refractivity (Wildman–Crippen MR) is 132 cm³/mol. The lowest BCUT2D eigenvalue weighted by Crippen LogP contribution is -2.22. The lowest BCUT2D eigenvalue weighted by atomic mass is 10.1. The maximum absolute atomic E-state index is 13.3. The van der Waals surface area contributed by atoms with Crippen molar-refractivity contribution in [2.45, 2.75) is 6.54 Å². The van der Waals surface area contributed by atoms with Gasteiger partial charge in [-0.05, 0) is 41.5 Å². The lowest BCUT2D eigenvalue weighted by Gasteiger charge is -2.08. The van der Waals surface area contributed by atoms with Crippen molar-refractivity contribution < 1.29 is 14.3 Å². The molecule has 0 atom stereocenters. The number of hydrogen-bond acceptors (Lipinski definition) is 4. The van der Waals surface area contributed by atoms with Crippen LogP contribution >= 0.6 is 0 Å². The van der Waals surface area contributed by atoms with E-state index in [9.17, 15) is 4.79 Å². The molecule has 2 heterocycles. The first kappa shape index (κ1) is 21.3. The number of aromatic nitrogens is 3. The maximum Gasteiger partial charge on any atom is 0.253 e. The first-order valence-electron chi connectivity index (χ1n) is 10.9. The van der Waals surface area contributed by atoms with Gasteiger partial charge in [0, 0.05) is 41.6 Å². The normalized spacial score (nSPS) is 10.9. The van der Waals surface area contributed by atoms with E-state index in [0.717, 1.165) is 44.8 Å². The third-order valence-electron chi connectivity index (χ3n) is 5.80. The topological polar surface area (TPSA) is 81.2 Å². The van der Waals surface area contributed by atoms with Crippen molar-refractivity contribution in [1.82, 2.24) is 20.1 Å². The number of amides is 1. The molecule has 0 unspecified atom stereocenters. The van der Waals surface area contributed by atoms with Gasteiger partial charge < -0.3 is 19.4 Å². The highest BCUT2D eigenvalue weighted by Crippen LogP contribution is 2.30. The molecule has 0 fully saturated rings. The summed E-state index contributed by atoms with van der Waals surface area (Å²) in [6.07, 6.45) is 5.50. The van der Waals surface area contributed by atoms with E-state index in [1.165, 1.54) is 0 Å². The number of ether oxygens (including phenoxy) is 2. The summed E-state index contributed by atoms with van der Waals surface area (Å²) < 4.78 is 12.7. The molecule has 0 saturated heterocycles. The van der Waals surface area contributed by atoms with Gasteiger partial charge in [0.25, 0.3) is 5.91 Å². The Hall–Kier alpha value is -4.52. The Morgan fingerprint density at radius 2 is 1.76 bits per heavy atom. The molecule has 3 aromatic carbocycles. The molecule has 0 aliphatic heterocycles. The van der Waals surface area contributed by atoms with Gasteiger partial charge in [-0.25, -0.2) is 0 Å². The molecule has 2 aromatic heterocycles. The number of rotatable bonds is 7. The maximum atomic E-state index is 13.3. The number of hydrogen-bond donors (Lipinski definition) is 2. The third-order valence-corrected chi connectivity index (χ3v) is 5.80. The summed E-state index contributed by atoms with van der Waals surface area (Å²) in [5.41, 5.74) is 5.36. The van der Waals surface area contributed by atoms with Gasteiger partial charge in [0.2, 0.25) is 0 Å². The van der Waals surface area contributed by atoms with Crippen molar-refractivity contribution in [3.05, 3.63) is 96.4 Å². The van der Waals surface area contributed by atoms with Crippen molar-refractivity contribution in [3.8, 4) is 28.3 Å². The fourth-order valence-electron chi connectivity index (χ4n) is 4.03. The van der Waals surface area contributed by atoms with Crippen molar-refractivity contribution in [2.24, 2.45) is 0 Å². The molecule has 7 heteroatoms. The summed E-state index contributed by atoms with van der Waals surface area (Å²) in [6.45, 7) is 0.398. The van der Waals surface area contributed by atoms with Crippen molar-refractivity contribution in [3.63, 3.8) is 0 Å². The zero-order valence-electron chi connectivity index (χ0n) is 18.9. The summed E-state index contributed by atoms with van der Waals surface area (Å²) in [6, 6.07) is 21.5. The fourth-order valence-corrected chi connectivity index (χ4v) is 4.03. The Morgan fingerprint density at radius 3 is 2.53 bits per heavy atom. The number of H-pyrrole nitrogens is 1. The van der Waals surface area contributed by atoms with Crippen LogP contribution < -0.4 is 14.8 Å². The first-order valence-corrected chi connectivity index (χ1v) is 10.9. The average Bonchev–Trinajstić information content (AvgIpc) is 3.56. The van der Waals surface area contributed by atoms with Crippen LogP contribution in [0.2, 0.25) is 0 Å². The molecule has 2 N–H and O–H groups in total. The van der Waals surface area contributed by atoms with Gasteiger partial charge in [0.05, 0.1) is 31.5 Å². The van der Waals surface area contributed by atoms with Crippen LogP contribution in [0, 0.1) is 0 Å². The molecule has 0 saturated carbocycles. The second kappa shape index (κ2) is 9.15. The van der Waals surface area contributed by atoms with E-state index >= 15 is 0 Å². The largest absolute Gasteiger partial charge is 0.497 e. The lowest BCUT2D eigenvalue weighted by molar-refractivity contribution is 0.0952. The van der Waals surface area contributed by atoms with Crippen molar-refractivity contribution in [2.75, 3.05) is 14.2 Å². The summed E-state index contributed by atoms with van der Waals surface area (Å²) in [5, 5.41) is 10.8. The van der Waals surface area contributed by atoms with E-state index < -0.39 is 0 Å². The van der Waals surface area contributed by atoms with E-state index in [2.05, 4.69) is 21.6 Å². The molecule has 1 amide bonds. The third kappa shape index (κ3) is 4.11. The van der Waals surface area contributed by atoms with Gasteiger partial charge in [-0.15, -0.1) is 0 Å². The monoisotopic (exact) mass is 452 g/mol. The minimum Gasteiger partial charge on any atom is -0.497 e. The minimum absolute atomic E-state index is 0.148. The molecule has 0 aliphatic rings. The Morgan fingerprint density at radius 1 is 0.971 bits per heavy atom. The van der Waals surface area contributed by atoms with Crippen LogP contribution in [-0.2, 0) is 6.54 Å². The predicted octanol–water partition coefficient (Wildman–Crippen LogP) is 4.97. The highest BCUT2D eigenvalue weighted by molar-refractivity contribution is 6.08. The molecule has 170 valence electrons. The molecule has 7 nitrogen and oxygen atoms in total. The van der Waals surface area contributed by atoms with E-state index in [-0.39, 0.29) is 5.91 Å². The van der Waals surface area contributed by atoms with Gasteiger partial charge in [-0.3, -0.25) is 9.89 Å². The van der Waals surface area contributed by atoms with Gasteiger partial charge in [0.15, 0.2) is 0 Å². The summed E-state index contributed by atoms with van der Waals surface area (Å²) in [5.74, 6) is 1.35. The van der Waals surface area contributed by atoms with Crippen LogP contribution in [0.4, 0.5) is 0 Å². The van der Waals surface area contributed by atoms with Crippen LogP contribution in [-0.4, -0.2) is 34.9 Å². The van der Waals surface area contributed by atoms with Crippen LogP contribution in [0.15, 0.2) is 85.3 Å². The highest BCUT2D eigenvalue weighted by Gasteiger charge is 2.17. The Balaban J connectivity index is 1.55. The number of nitrogens with one attached hydrogen (secondary N) is 2. The molecule has 0 radical (unpaired) electrons. The molecule has 0 aliphatic carbocycles. The zero-order chi connectivity index (χ0) is 23.5. The standard InChI is InChI=1S/C27H24N4O3/c1-33-22-7-3-5-18(11-22)14-28-27(32)25-17-31(21-6-4-8-23(13-21)34-2)26-12-19(9-10-24(25)26)20-15-29-30-16-20/h3-13,15-17H,14H2,1-2H3,(H,28,32)(H,29,30). The van der Waals surface area contributed by atoms with Crippen molar-refractivity contribution >= 4 is 16.8 Å². The molecule has 0 bridgehead atoms. The fraction of sp³-hybridized carbons (Fsp3) is 0.111. The molecular formula is C27H24N4O3. The number of benzene rings is 3. The molecule has 34 heavy (non-hydrogen) atoms. The summed E-state index contributed by atoms with van der Waals surface area (Å²) in [4.78, 5) is 13.3. The van der Waals surface area contributed by atoms with Gasteiger partial charge >= 0.3 is 0 Å². The van der Waals surface area contributed by atoms with Crippen molar-refractivity contribution in [1.29, 1.82) is 0 Å². The number of nitrogens with zero attached hydrogens (tertiary/aromatic N) is 2. The number of aromatic amines is 1. The Bertz CT molecular complexity index is 1450. The molecule has 5 rings (SSSR count). The molecule has 5 aromatic rings. The molecular weight excluding hydrogens is 428 g/mol. The summed E-state index contributed by atoms with van der Waals surface area (Å²) >= 11 is 0. The average molecular weight is 453 g/mol. The zero-order valence-corrected chi connectivity index (χ0v) is 18.9. The quantitative estimate of drug-likeness (QED) is 0.365. The van der Waals surface area contributed by atoms with Crippen LogP contribution in [0.5, 0.6) is 11.5 Å². The van der Waals surface area contributed by atoms with E-state index in [4.69, 9.17) is 9.47 Å². The summed E-state index contributed by atoms with van der Waals surface area (Å²) in [7, 11) is 3.27. The highest BCUT2D eigenvalue weighted by atomic mass is 16.5. The van der Waals surface area contributed by atoms with Gasteiger partial charge in [0.1, 0.15) is 11.5 Å². The van der Waals surface area contributed by atoms with Crippen LogP contribution in [0.3, 0.4) is 0 Å². The van der Waals surface area contributed by atoms with Crippen LogP contribution in [0.25, 0.3) is 27.7 Å². The Kier molecular flexibility index (Phi) is 5.74. The number of methoxy groups -OCH3 is 2. The number of carbonyl (C=O) groups is 1. The second-order valence-electron chi connectivity index (χ2n) is 7.87. The van der Waals surface area contributed by atoms with E-state index in [1.54, 1.807) is 20.4 Å². The SMILES string of the molecule is COc1cccc(CNC(=O)c2cn(-c3cccc(OC)c3)c3cc(-c4cn[nH]c4)ccc23)c1. The van der Waals surface area contributed by atoms with Crippen LogP contribution in [0.1, 0.15) is 15.9 Å². The van der Waals surface area contributed by atoms with Gasteiger partial charge in [-0.2, -0.15) is 5.10 Å².